The fourth-order valence-electron chi connectivity index (χ4n) is 1.85. The van der Waals surface area contributed by atoms with Crippen molar-refractivity contribution < 1.29 is 13.2 Å². The first-order valence-corrected chi connectivity index (χ1v) is 9.88. The van der Waals surface area contributed by atoms with Gasteiger partial charge in [0, 0.05) is 31.3 Å². The van der Waals surface area contributed by atoms with E-state index in [1.807, 2.05) is 13.8 Å². The van der Waals surface area contributed by atoms with Crippen molar-refractivity contribution in [2.24, 2.45) is 10.9 Å². The Morgan fingerprint density at radius 3 is 2.48 bits per heavy atom. The third-order valence-electron chi connectivity index (χ3n) is 3.28. The number of nitrogens with zero attached hydrogens (tertiary/aromatic N) is 1. The lowest BCUT2D eigenvalue weighted by molar-refractivity contribution is -0.122. The van der Waals surface area contributed by atoms with Crippen LogP contribution in [0.5, 0.6) is 0 Å². The first-order valence-electron chi connectivity index (χ1n) is 7.82. The molecule has 0 radical (unpaired) electrons. The Labute approximate surface area is 156 Å². The van der Waals surface area contributed by atoms with Crippen LogP contribution in [0.25, 0.3) is 0 Å². The highest BCUT2D eigenvalue weighted by Crippen LogP contribution is 2.28. The molecule has 0 saturated heterocycles. The molecule has 1 aliphatic rings. The zero-order chi connectivity index (χ0) is 16.6. The highest BCUT2D eigenvalue weighted by Gasteiger charge is 2.28. The number of guanidine groups is 1. The maximum atomic E-state index is 11.5. The second kappa shape index (κ2) is 11.1. The molecule has 9 heteroatoms. The number of aliphatic imine (C=N–C) groups is 1. The molecule has 1 aliphatic carbocycles. The Hall–Kier alpha value is -0.580. The molecule has 7 nitrogen and oxygen atoms in total. The molecule has 0 spiro atoms. The monoisotopic (exact) mass is 460 g/mol. The minimum atomic E-state index is -2.95. The van der Waals surface area contributed by atoms with Crippen molar-refractivity contribution in [3.8, 4) is 0 Å². The van der Waals surface area contributed by atoms with Gasteiger partial charge in [0.15, 0.2) is 5.96 Å². The number of hydrogen-bond acceptors (Lipinski definition) is 4. The number of carbonyl (C=O) groups is 1. The number of halogens is 1. The van der Waals surface area contributed by atoms with Crippen LogP contribution in [0.4, 0.5) is 0 Å². The van der Waals surface area contributed by atoms with E-state index in [1.54, 1.807) is 0 Å². The summed E-state index contributed by atoms with van der Waals surface area (Å²) in [5.41, 5.74) is 0. The summed E-state index contributed by atoms with van der Waals surface area (Å²) in [7, 11) is -2.95. The smallest absolute Gasteiger partial charge is 0.223 e. The maximum absolute atomic E-state index is 11.5. The van der Waals surface area contributed by atoms with Crippen LogP contribution in [0.15, 0.2) is 4.99 Å². The lowest BCUT2D eigenvalue weighted by Gasteiger charge is -2.17. The van der Waals surface area contributed by atoms with E-state index in [2.05, 4.69) is 20.9 Å². The van der Waals surface area contributed by atoms with Crippen molar-refractivity contribution in [1.29, 1.82) is 0 Å². The average Bonchev–Trinajstić information content (AvgIpc) is 3.25. The maximum Gasteiger partial charge on any atom is 0.223 e. The van der Waals surface area contributed by atoms with Crippen molar-refractivity contribution in [2.75, 3.05) is 31.6 Å². The SMILES string of the molecule is CCNC(=NCCNC(=O)C1CC1)NC(C)CCS(C)(=O)=O.I. The number of nitrogens with one attached hydrogen (secondary N) is 3. The summed E-state index contributed by atoms with van der Waals surface area (Å²) < 4.78 is 22.3. The van der Waals surface area contributed by atoms with Gasteiger partial charge < -0.3 is 16.0 Å². The van der Waals surface area contributed by atoms with Crippen LogP contribution in [0.2, 0.25) is 0 Å². The fraction of sp³-hybridized carbons (Fsp3) is 0.857. The summed E-state index contributed by atoms with van der Waals surface area (Å²) in [5.74, 6) is 1.13. The summed E-state index contributed by atoms with van der Waals surface area (Å²) in [5, 5.41) is 9.15. The quantitative estimate of drug-likeness (QED) is 0.202. The van der Waals surface area contributed by atoms with Crippen LogP contribution in [-0.4, -0.2) is 58.0 Å². The average molecular weight is 460 g/mol. The highest BCUT2D eigenvalue weighted by atomic mass is 127. The van der Waals surface area contributed by atoms with E-state index in [-0.39, 0.29) is 47.6 Å². The molecule has 3 N–H and O–H groups in total. The van der Waals surface area contributed by atoms with E-state index in [0.29, 0.717) is 25.5 Å². The van der Waals surface area contributed by atoms with E-state index >= 15 is 0 Å². The lowest BCUT2D eigenvalue weighted by Crippen LogP contribution is -2.43. The standard InChI is InChI=1S/C14H28N4O3S.HI/c1-4-15-14(18-11(2)7-10-22(3,20)21)17-9-8-16-13(19)12-5-6-12;/h11-12H,4-10H2,1-3H3,(H,16,19)(H2,15,17,18);1H. The lowest BCUT2D eigenvalue weighted by atomic mass is 10.3. The number of amides is 1. The van der Waals surface area contributed by atoms with Crippen LogP contribution in [0, 0.1) is 5.92 Å². The normalized spacial score (nSPS) is 16.2. The molecule has 23 heavy (non-hydrogen) atoms. The van der Waals surface area contributed by atoms with E-state index in [0.717, 1.165) is 19.4 Å². The van der Waals surface area contributed by atoms with Gasteiger partial charge in [-0.25, -0.2) is 8.42 Å². The van der Waals surface area contributed by atoms with Gasteiger partial charge in [0.05, 0.1) is 12.3 Å². The van der Waals surface area contributed by atoms with Gasteiger partial charge in [-0.1, -0.05) is 0 Å². The number of hydrogen-bond donors (Lipinski definition) is 3. The van der Waals surface area contributed by atoms with Gasteiger partial charge >= 0.3 is 0 Å². The van der Waals surface area contributed by atoms with Gasteiger partial charge in [0.2, 0.25) is 5.91 Å². The van der Waals surface area contributed by atoms with Crippen LogP contribution < -0.4 is 16.0 Å². The van der Waals surface area contributed by atoms with Gasteiger partial charge in [0.1, 0.15) is 9.84 Å². The number of rotatable bonds is 9. The first-order chi connectivity index (χ1) is 10.3. The molecule has 1 atom stereocenters. The summed E-state index contributed by atoms with van der Waals surface area (Å²) in [6.45, 7) is 5.62. The molecule has 1 saturated carbocycles. The molecule has 1 unspecified atom stereocenters. The Morgan fingerprint density at radius 2 is 1.96 bits per heavy atom. The molecule has 0 aromatic carbocycles. The Kier molecular flexibility index (Phi) is 10.8. The third kappa shape index (κ3) is 11.6. The van der Waals surface area contributed by atoms with Crippen LogP contribution >= 0.6 is 24.0 Å². The minimum Gasteiger partial charge on any atom is -0.357 e. The molecule has 0 heterocycles. The van der Waals surface area contributed by atoms with Crippen LogP contribution in [0.1, 0.15) is 33.1 Å². The minimum absolute atomic E-state index is 0. The Morgan fingerprint density at radius 1 is 1.30 bits per heavy atom. The van der Waals surface area contributed by atoms with E-state index < -0.39 is 9.84 Å². The summed E-state index contributed by atoms with van der Waals surface area (Å²) in [6.07, 6.45) is 3.76. The van der Waals surface area contributed by atoms with Gasteiger partial charge in [-0.15, -0.1) is 24.0 Å². The molecular weight excluding hydrogens is 431 g/mol. The number of sulfone groups is 1. The molecule has 1 fully saturated rings. The third-order valence-corrected chi connectivity index (χ3v) is 4.26. The van der Waals surface area contributed by atoms with Gasteiger partial charge in [-0.05, 0) is 33.1 Å². The fourth-order valence-corrected chi connectivity index (χ4v) is 2.63. The second-order valence-electron chi connectivity index (χ2n) is 5.79. The molecule has 136 valence electrons. The largest absolute Gasteiger partial charge is 0.357 e. The van der Waals surface area contributed by atoms with Gasteiger partial charge in [0.25, 0.3) is 0 Å². The van der Waals surface area contributed by atoms with E-state index in [1.165, 1.54) is 6.26 Å². The molecular formula is C14H29IN4O3S. The molecule has 0 aromatic rings. The van der Waals surface area contributed by atoms with Crippen molar-refractivity contribution in [3.05, 3.63) is 0 Å². The highest BCUT2D eigenvalue weighted by molar-refractivity contribution is 14.0. The molecule has 1 amide bonds. The van der Waals surface area contributed by atoms with Crippen molar-refractivity contribution in [3.63, 3.8) is 0 Å². The Balaban J connectivity index is 0.00000484. The van der Waals surface area contributed by atoms with Gasteiger partial charge in [-0.2, -0.15) is 0 Å². The zero-order valence-electron chi connectivity index (χ0n) is 14.1. The number of carbonyl (C=O) groups excluding carboxylic acids is 1. The predicted octanol–water partition coefficient (Wildman–Crippen LogP) is 0.509. The summed E-state index contributed by atoms with van der Waals surface area (Å²) in [6, 6.07) is 0.00794. The van der Waals surface area contributed by atoms with Gasteiger partial charge in [-0.3, -0.25) is 9.79 Å². The Bertz CT molecular complexity index is 492. The van der Waals surface area contributed by atoms with Crippen molar-refractivity contribution in [1.82, 2.24) is 16.0 Å². The molecule has 0 aromatic heterocycles. The molecule has 1 rings (SSSR count). The van der Waals surface area contributed by atoms with Crippen LogP contribution in [0.3, 0.4) is 0 Å². The predicted molar refractivity (Wildman–Crippen MR) is 104 cm³/mol. The zero-order valence-corrected chi connectivity index (χ0v) is 17.2. The summed E-state index contributed by atoms with van der Waals surface area (Å²) >= 11 is 0. The molecule has 0 bridgehead atoms. The van der Waals surface area contributed by atoms with Crippen LogP contribution in [-0.2, 0) is 14.6 Å². The molecule has 0 aliphatic heterocycles. The summed E-state index contributed by atoms with van der Waals surface area (Å²) in [4.78, 5) is 15.9. The van der Waals surface area contributed by atoms with Crippen molar-refractivity contribution in [2.45, 2.75) is 39.2 Å². The van der Waals surface area contributed by atoms with Crippen molar-refractivity contribution >= 4 is 45.7 Å². The second-order valence-corrected chi connectivity index (χ2v) is 8.05. The first kappa shape index (κ1) is 22.4. The topological polar surface area (TPSA) is 99.7 Å². The van der Waals surface area contributed by atoms with E-state index in [4.69, 9.17) is 0 Å². The van der Waals surface area contributed by atoms with E-state index in [9.17, 15) is 13.2 Å².